The molecule has 2 N–H and O–H groups in total. The van der Waals surface area contributed by atoms with Crippen molar-refractivity contribution in [2.75, 3.05) is 13.1 Å². The lowest BCUT2D eigenvalue weighted by Crippen LogP contribution is -2.44. The molecule has 0 aliphatic carbocycles. The van der Waals surface area contributed by atoms with Gasteiger partial charge in [0.2, 0.25) is 11.8 Å². The molecule has 0 bridgehead atoms. The van der Waals surface area contributed by atoms with Gasteiger partial charge in [0, 0.05) is 13.0 Å². The standard InChI is InChI=1S/C18H24N4O2/c1-12(2)17(18-19-13-7-3-4-8-14(13)20-18)21-15(23)11-22-10-6-5-9-16(22)24/h3-4,7-8,12,17H,5-6,9-11H2,1-2H3,(H,19,20)(H,21,23). The second kappa shape index (κ2) is 7.03. The Kier molecular flexibility index (Phi) is 4.83. The maximum atomic E-state index is 12.4. The molecule has 0 radical (unpaired) electrons. The quantitative estimate of drug-likeness (QED) is 0.884. The van der Waals surface area contributed by atoms with E-state index in [0.717, 1.165) is 29.7 Å². The first kappa shape index (κ1) is 16.5. The van der Waals surface area contributed by atoms with E-state index in [9.17, 15) is 9.59 Å². The van der Waals surface area contributed by atoms with Crippen LogP contribution < -0.4 is 5.32 Å². The Hall–Kier alpha value is -2.37. The molecule has 0 saturated carbocycles. The highest BCUT2D eigenvalue weighted by molar-refractivity contribution is 5.85. The van der Waals surface area contributed by atoms with Crippen LogP contribution >= 0.6 is 0 Å². The first-order valence-electron chi connectivity index (χ1n) is 8.56. The van der Waals surface area contributed by atoms with E-state index < -0.39 is 0 Å². The van der Waals surface area contributed by atoms with Gasteiger partial charge in [0.25, 0.3) is 0 Å². The molecule has 128 valence electrons. The molecule has 1 fully saturated rings. The largest absolute Gasteiger partial charge is 0.344 e. The van der Waals surface area contributed by atoms with Crippen LogP contribution in [0.25, 0.3) is 11.0 Å². The maximum Gasteiger partial charge on any atom is 0.240 e. The van der Waals surface area contributed by atoms with Gasteiger partial charge in [0.1, 0.15) is 5.82 Å². The van der Waals surface area contributed by atoms with Gasteiger partial charge < -0.3 is 15.2 Å². The molecular formula is C18H24N4O2. The van der Waals surface area contributed by atoms with Gasteiger partial charge in [-0.2, -0.15) is 0 Å². The number of hydrogen-bond acceptors (Lipinski definition) is 3. The average Bonchev–Trinajstić information content (AvgIpc) is 2.98. The minimum absolute atomic E-state index is 0.0706. The van der Waals surface area contributed by atoms with Gasteiger partial charge >= 0.3 is 0 Å². The molecule has 6 nitrogen and oxygen atoms in total. The van der Waals surface area contributed by atoms with Crippen molar-refractivity contribution < 1.29 is 9.59 Å². The van der Waals surface area contributed by atoms with Gasteiger partial charge in [-0.3, -0.25) is 9.59 Å². The van der Waals surface area contributed by atoms with E-state index in [0.29, 0.717) is 13.0 Å². The Morgan fingerprint density at radius 3 is 2.83 bits per heavy atom. The van der Waals surface area contributed by atoms with Crippen LogP contribution in [0, 0.1) is 5.92 Å². The zero-order valence-electron chi connectivity index (χ0n) is 14.2. The Morgan fingerprint density at radius 1 is 1.33 bits per heavy atom. The molecule has 0 spiro atoms. The number of aromatic nitrogens is 2. The molecule has 1 aliphatic heterocycles. The van der Waals surface area contributed by atoms with Crippen molar-refractivity contribution in [1.82, 2.24) is 20.2 Å². The first-order chi connectivity index (χ1) is 11.5. The van der Waals surface area contributed by atoms with Crippen LogP contribution in [0.4, 0.5) is 0 Å². The lowest BCUT2D eigenvalue weighted by atomic mass is 10.0. The van der Waals surface area contributed by atoms with E-state index in [2.05, 4.69) is 15.3 Å². The van der Waals surface area contributed by atoms with Crippen molar-refractivity contribution in [3.05, 3.63) is 30.1 Å². The lowest BCUT2D eigenvalue weighted by Gasteiger charge is -2.27. The number of hydrogen-bond donors (Lipinski definition) is 2. The van der Waals surface area contributed by atoms with E-state index in [1.807, 2.05) is 38.1 Å². The van der Waals surface area contributed by atoms with Crippen molar-refractivity contribution in [2.45, 2.75) is 39.2 Å². The third-order valence-electron chi connectivity index (χ3n) is 4.44. The predicted octanol–water partition coefficient (Wildman–Crippen LogP) is 2.39. The molecule has 1 aromatic heterocycles. The summed E-state index contributed by atoms with van der Waals surface area (Å²) in [6.45, 7) is 4.89. The SMILES string of the molecule is CC(C)C(NC(=O)CN1CCCCC1=O)c1nc2ccccc2[nH]1. The van der Waals surface area contributed by atoms with E-state index in [1.54, 1.807) is 4.90 Å². The molecule has 1 aliphatic rings. The van der Waals surface area contributed by atoms with Gasteiger partial charge in [0.05, 0.1) is 23.6 Å². The molecule has 24 heavy (non-hydrogen) atoms. The Labute approximate surface area is 141 Å². The maximum absolute atomic E-state index is 12.4. The number of para-hydroxylation sites is 2. The normalized spacial score (nSPS) is 16.6. The third kappa shape index (κ3) is 3.58. The highest BCUT2D eigenvalue weighted by Crippen LogP contribution is 2.22. The molecule has 2 amide bonds. The minimum atomic E-state index is -0.204. The van der Waals surface area contributed by atoms with E-state index in [4.69, 9.17) is 0 Å². The molecule has 2 heterocycles. The number of piperidine rings is 1. The van der Waals surface area contributed by atoms with E-state index in [1.165, 1.54) is 0 Å². The molecule has 1 saturated heterocycles. The number of nitrogens with one attached hydrogen (secondary N) is 2. The second-order valence-electron chi connectivity index (χ2n) is 6.70. The Morgan fingerprint density at radius 2 is 2.12 bits per heavy atom. The molecule has 1 atom stereocenters. The summed E-state index contributed by atoms with van der Waals surface area (Å²) in [5.74, 6) is 0.877. The predicted molar refractivity (Wildman–Crippen MR) is 92.2 cm³/mol. The number of amides is 2. The van der Waals surface area contributed by atoms with Crippen LogP contribution in [0.2, 0.25) is 0 Å². The summed E-state index contributed by atoms with van der Waals surface area (Å²) in [4.78, 5) is 33.8. The van der Waals surface area contributed by atoms with Crippen molar-refractivity contribution in [1.29, 1.82) is 0 Å². The van der Waals surface area contributed by atoms with Crippen LogP contribution in [-0.4, -0.2) is 39.8 Å². The van der Waals surface area contributed by atoms with Gasteiger partial charge in [-0.05, 0) is 30.9 Å². The smallest absolute Gasteiger partial charge is 0.240 e. The molecular weight excluding hydrogens is 304 g/mol. The summed E-state index contributed by atoms with van der Waals surface area (Å²) >= 11 is 0. The molecule has 3 rings (SSSR count). The van der Waals surface area contributed by atoms with Crippen molar-refractivity contribution in [3.63, 3.8) is 0 Å². The first-order valence-corrected chi connectivity index (χ1v) is 8.56. The van der Waals surface area contributed by atoms with Gasteiger partial charge in [-0.1, -0.05) is 26.0 Å². The summed E-state index contributed by atoms with van der Waals surface area (Å²) in [7, 11) is 0. The van der Waals surface area contributed by atoms with Crippen molar-refractivity contribution >= 4 is 22.8 Å². The van der Waals surface area contributed by atoms with Crippen LogP contribution in [0.3, 0.4) is 0 Å². The number of aromatic amines is 1. The summed E-state index contributed by atoms with van der Waals surface area (Å²) in [6.07, 6.45) is 2.44. The van der Waals surface area contributed by atoms with Crippen LogP contribution in [0.5, 0.6) is 0 Å². The number of imidazole rings is 1. The number of rotatable bonds is 5. The number of benzene rings is 1. The van der Waals surface area contributed by atoms with Crippen LogP contribution in [-0.2, 0) is 9.59 Å². The van der Waals surface area contributed by atoms with Gasteiger partial charge in [-0.25, -0.2) is 4.98 Å². The molecule has 1 unspecified atom stereocenters. The van der Waals surface area contributed by atoms with Gasteiger partial charge in [0.15, 0.2) is 0 Å². The fourth-order valence-electron chi connectivity index (χ4n) is 3.09. The number of nitrogens with zero attached hydrogens (tertiary/aromatic N) is 2. The van der Waals surface area contributed by atoms with Crippen molar-refractivity contribution in [2.24, 2.45) is 5.92 Å². The number of H-pyrrole nitrogens is 1. The van der Waals surface area contributed by atoms with Gasteiger partial charge in [-0.15, -0.1) is 0 Å². The zero-order chi connectivity index (χ0) is 17.1. The minimum Gasteiger partial charge on any atom is -0.344 e. The topological polar surface area (TPSA) is 78.1 Å². The highest BCUT2D eigenvalue weighted by Gasteiger charge is 2.25. The second-order valence-corrected chi connectivity index (χ2v) is 6.70. The number of carbonyl (C=O) groups excluding carboxylic acids is 2. The summed E-state index contributed by atoms with van der Waals surface area (Å²) in [5.41, 5.74) is 1.84. The van der Waals surface area contributed by atoms with E-state index >= 15 is 0 Å². The summed E-state index contributed by atoms with van der Waals surface area (Å²) in [6, 6.07) is 7.61. The fraction of sp³-hybridized carbons (Fsp3) is 0.500. The zero-order valence-corrected chi connectivity index (χ0v) is 14.2. The molecule has 2 aromatic rings. The number of likely N-dealkylation sites (tertiary alicyclic amines) is 1. The van der Waals surface area contributed by atoms with Crippen LogP contribution in [0.1, 0.15) is 45.0 Å². The van der Waals surface area contributed by atoms with Crippen LogP contribution in [0.15, 0.2) is 24.3 Å². The average molecular weight is 328 g/mol. The Balaban J connectivity index is 1.71. The highest BCUT2D eigenvalue weighted by atomic mass is 16.2. The monoisotopic (exact) mass is 328 g/mol. The van der Waals surface area contributed by atoms with Crippen molar-refractivity contribution in [3.8, 4) is 0 Å². The van der Waals surface area contributed by atoms with E-state index in [-0.39, 0.29) is 30.3 Å². The summed E-state index contributed by atoms with van der Waals surface area (Å²) in [5, 5.41) is 3.03. The summed E-state index contributed by atoms with van der Waals surface area (Å²) < 4.78 is 0. The molecule has 1 aromatic carbocycles. The number of fused-ring (bicyclic) bond motifs is 1. The Bertz CT molecular complexity index is 704. The molecule has 6 heteroatoms. The number of carbonyl (C=O) groups is 2. The fourth-order valence-corrected chi connectivity index (χ4v) is 3.09. The lowest BCUT2D eigenvalue weighted by molar-refractivity contribution is -0.138. The third-order valence-corrected chi connectivity index (χ3v) is 4.44.